The maximum absolute atomic E-state index is 6.64. The van der Waals surface area contributed by atoms with E-state index in [0.717, 1.165) is 44.2 Å². The van der Waals surface area contributed by atoms with Gasteiger partial charge in [0, 0.05) is 47.6 Å². The van der Waals surface area contributed by atoms with Crippen LogP contribution in [0.25, 0.3) is 98.5 Å². The summed E-state index contributed by atoms with van der Waals surface area (Å²) >= 11 is 1.79. The average molecular weight is 822 g/mol. The van der Waals surface area contributed by atoms with Gasteiger partial charge in [0.2, 0.25) is 0 Å². The second kappa shape index (κ2) is 14.0. The summed E-state index contributed by atoms with van der Waals surface area (Å²) in [5.41, 5.74) is 13.7. The van der Waals surface area contributed by atoms with Gasteiger partial charge in [-0.1, -0.05) is 182 Å². The van der Waals surface area contributed by atoms with Crippen molar-refractivity contribution < 1.29 is 4.42 Å². The second-order valence-electron chi connectivity index (χ2n) is 16.2. The molecule has 0 N–H and O–H groups in total. The van der Waals surface area contributed by atoms with Crippen LogP contribution in [0.4, 0.5) is 0 Å². The van der Waals surface area contributed by atoms with Crippen LogP contribution in [0.15, 0.2) is 217 Å². The minimum Gasteiger partial charge on any atom is -0.456 e. The Morgan fingerprint density at radius 1 is 0.365 bits per heavy atom. The second-order valence-corrected chi connectivity index (χ2v) is 17.3. The number of thiophene rings is 1. The maximum atomic E-state index is 6.64. The summed E-state index contributed by atoms with van der Waals surface area (Å²) in [5, 5.41) is 4.48. The number of fused-ring (bicyclic) bond motifs is 9. The van der Waals surface area contributed by atoms with E-state index in [2.05, 4.69) is 182 Å². The molecule has 9 aromatic carbocycles. The summed E-state index contributed by atoms with van der Waals surface area (Å²) < 4.78 is 9.11. The number of hydrogen-bond acceptors (Lipinski definition) is 5. The van der Waals surface area contributed by atoms with Gasteiger partial charge in [-0.05, 0) is 74.8 Å². The van der Waals surface area contributed by atoms with Crippen molar-refractivity contribution in [3.05, 3.63) is 235 Å². The van der Waals surface area contributed by atoms with Gasteiger partial charge >= 0.3 is 0 Å². The topological polar surface area (TPSA) is 51.8 Å². The van der Waals surface area contributed by atoms with Gasteiger partial charge in [-0.15, -0.1) is 11.3 Å². The third-order valence-corrected chi connectivity index (χ3v) is 14.0. The van der Waals surface area contributed by atoms with E-state index in [9.17, 15) is 0 Å². The summed E-state index contributed by atoms with van der Waals surface area (Å²) in [7, 11) is 0. The van der Waals surface area contributed by atoms with E-state index in [1.54, 1.807) is 11.3 Å². The first-order valence-electron chi connectivity index (χ1n) is 21.3. The number of furan rings is 1. The smallest absolute Gasteiger partial charge is 0.164 e. The van der Waals surface area contributed by atoms with Crippen LogP contribution in [-0.2, 0) is 5.41 Å². The average Bonchev–Trinajstić information content (AvgIpc) is 4.02. The highest BCUT2D eigenvalue weighted by molar-refractivity contribution is 7.25. The highest BCUT2D eigenvalue weighted by atomic mass is 32.1. The molecule has 63 heavy (non-hydrogen) atoms. The first kappa shape index (κ1) is 35.7. The van der Waals surface area contributed by atoms with Crippen molar-refractivity contribution in [3.8, 4) is 56.4 Å². The minimum atomic E-state index is -0.488. The Hall–Kier alpha value is -7.99. The van der Waals surface area contributed by atoms with Crippen LogP contribution >= 0.6 is 11.3 Å². The fourth-order valence-electron chi connectivity index (χ4n) is 10.1. The number of benzene rings is 9. The van der Waals surface area contributed by atoms with Crippen LogP contribution in [0.1, 0.15) is 22.3 Å². The summed E-state index contributed by atoms with van der Waals surface area (Å²) in [6.45, 7) is 0. The first-order valence-corrected chi connectivity index (χ1v) is 22.1. The predicted molar refractivity (Wildman–Crippen MR) is 259 cm³/mol. The van der Waals surface area contributed by atoms with Crippen molar-refractivity contribution in [3.63, 3.8) is 0 Å². The zero-order chi connectivity index (χ0) is 41.5. The van der Waals surface area contributed by atoms with Crippen molar-refractivity contribution in [2.45, 2.75) is 5.41 Å². The van der Waals surface area contributed by atoms with Gasteiger partial charge in [0.15, 0.2) is 17.5 Å². The molecule has 0 radical (unpaired) electrons. The molecule has 0 aliphatic heterocycles. The molecule has 0 amide bonds. The highest BCUT2D eigenvalue weighted by Gasteiger charge is 2.46. The lowest BCUT2D eigenvalue weighted by molar-refractivity contribution is 0.669. The van der Waals surface area contributed by atoms with Gasteiger partial charge in [-0.2, -0.15) is 0 Å². The van der Waals surface area contributed by atoms with Crippen molar-refractivity contribution in [2.24, 2.45) is 0 Å². The minimum absolute atomic E-state index is 0.488. The van der Waals surface area contributed by atoms with E-state index >= 15 is 0 Å². The Balaban J connectivity index is 1.02. The van der Waals surface area contributed by atoms with Gasteiger partial charge in [0.25, 0.3) is 0 Å². The van der Waals surface area contributed by atoms with Gasteiger partial charge in [-0.3, -0.25) is 0 Å². The van der Waals surface area contributed by atoms with Crippen LogP contribution in [-0.4, -0.2) is 15.0 Å². The molecule has 12 aromatic rings. The highest BCUT2D eigenvalue weighted by Crippen LogP contribution is 2.58. The molecule has 1 aliphatic rings. The molecule has 4 nitrogen and oxygen atoms in total. The lowest BCUT2D eigenvalue weighted by atomic mass is 9.67. The van der Waals surface area contributed by atoms with Crippen molar-refractivity contribution >= 4 is 53.4 Å². The van der Waals surface area contributed by atoms with Crippen molar-refractivity contribution in [2.75, 3.05) is 0 Å². The monoisotopic (exact) mass is 821 g/mol. The van der Waals surface area contributed by atoms with E-state index in [0.29, 0.717) is 17.5 Å². The Morgan fingerprint density at radius 2 is 0.968 bits per heavy atom. The normalized spacial score (nSPS) is 12.9. The van der Waals surface area contributed by atoms with Crippen LogP contribution in [0, 0.1) is 0 Å². The van der Waals surface area contributed by atoms with Gasteiger partial charge < -0.3 is 4.42 Å². The fourth-order valence-corrected chi connectivity index (χ4v) is 11.3. The summed E-state index contributed by atoms with van der Waals surface area (Å²) in [6, 6.07) is 75.8. The third kappa shape index (κ3) is 5.43. The van der Waals surface area contributed by atoms with Crippen LogP contribution in [0.3, 0.4) is 0 Å². The van der Waals surface area contributed by atoms with Crippen molar-refractivity contribution in [1.82, 2.24) is 15.0 Å². The predicted octanol–water partition coefficient (Wildman–Crippen LogP) is 15.2. The molecular weight excluding hydrogens is 787 g/mol. The van der Waals surface area contributed by atoms with E-state index in [1.807, 2.05) is 30.3 Å². The summed E-state index contributed by atoms with van der Waals surface area (Å²) in [4.78, 5) is 15.6. The molecule has 5 heteroatoms. The van der Waals surface area contributed by atoms with Crippen LogP contribution < -0.4 is 0 Å². The quantitative estimate of drug-likeness (QED) is 0.168. The Kier molecular flexibility index (Phi) is 7.96. The lowest BCUT2D eigenvalue weighted by Crippen LogP contribution is -2.28. The molecule has 13 rings (SSSR count). The number of aromatic nitrogens is 3. The molecule has 0 saturated carbocycles. The number of rotatable bonds is 6. The molecule has 0 bridgehead atoms. The molecule has 0 unspecified atom stereocenters. The number of hydrogen-bond donors (Lipinski definition) is 0. The molecule has 3 aromatic heterocycles. The Morgan fingerprint density at radius 3 is 1.78 bits per heavy atom. The van der Waals surface area contributed by atoms with Crippen LogP contribution in [0.5, 0.6) is 0 Å². The molecule has 1 aliphatic carbocycles. The van der Waals surface area contributed by atoms with E-state index in [-0.39, 0.29) is 0 Å². The number of nitrogens with zero attached hydrogens (tertiary/aromatic N) is 3. The zero-order valence-corrected chi connectivity index (χ0v) is 34.7. The van der Waals surface area contributed by atoms with Gasteiger partial charge in [0.1, 0.15) is 11.2 Å². The summed E-state index contributed by atoms with van der Waals surface area (Å²) in [5.74, 6) is 1.85. The standard InChI is InChI=1S/C58H35N3OS/c1-4-16-36(17-5-1)55-59-56(38-30-32-43-42-22-11-13-29-51(42)63-52(43)35-38)61-57(60-55)45-25-15-28-50-54(45)46-34-37(31-33-49(46)62-50)41-24-14-27-48-53(41)44-23-10-12-26-47(44)58(48,39-18-6-2-7-19-39)40-20-8-3-9-21-40/h1-35H. The first-order chi connectivity index (χ1) is 31.2. The third-order valence-electron chi connectivity index (χ3n) is 12.8. The Labute approximate surface area is 367 Å². The SMILES string of the molecule is c1ccc(-c2nc(-c3ccc4c(c3)sc3ccccc34)nc(-c3cccc4oc5ccc(-c6cccc7c6-c6ccccc6C7(c6ccccc6)c6ccccc6)cc5c34)n2)cc1. The lowest BCUT2D eigenvalue weighted by Gasteiger charge is -2.34. The molecule has 0 fully saturated rings. The maximum Gasteiger partial charge on any atom is 0.164 e. The summed E-state index contributed by atoms with van der Waals surface area (Å²) in [6.07, 6.45) is 0. The zero-order valence-electron chi connectivity index (χ0n) is 33.9. The molecule has 0 spiro atoms. The molecular formula is C58H35N3OS. The van der Waals surface area contributed by atoms with Crippen molar-refractivity contribution in [1.29, 1.82) is 0 Å². The fraction of sp³-hybridized carbons (Fsp3) is 0.0172. The van der Waals surface area contributed by atoms with E-state index in [4.69, 9.17) is 19.4 Å². The molecule has 0 saturated heterocycles. The Bertz CT molecular complexity index is 3700. The van der Waals surface area contributed by atoms with Gasteiger partial charge in [-0.25, -0.2) is 15.0 Å². The van der Waals surface area contributed by atoms with Crippen LogP contribution in [0.2, 0.25) is 0 Å². The molecule has 0 atom stereocenters. The molecule has 3 heterocycles. The van der Waals surface area contributed by atoms with Gasteiger partial charge in [0.05, 0.1) is 5.41 Å². The van der Waals surface area contributed by atoms with E-state index < -0.39 is 5.41 Å². The van der Waals surface area contributed by atoms with E-state index in [1.165, 1.54) is 59.1 Å². The largest absolute Gasteiger partial charge is 0.456 e. The molecule has 294 valence electrons.